The first kappa shape index (κ1) is 27.5. The molecule has 4 aromatic rings. The molecule has 0 amide bonds. The minimum atomic E-state index is -0.524. The summed E-state index contributed by atoms with van der Waals surface area (Å²) in [5.74, 6) is -0.765. The lowest BCUT2D eigenvalue weighted by Crippen LogP contribution is -2.34. The van der Waals surface area contributed by atoms with Gasteiger partial charge in [-0.2, -0.15) is 0 Å². The average molecular weight is 539 g/mol. The Morgan fingerprint density at radius 2 is 1.27 bits per heavy atom. The summed E-state index contributed by atoms with van der Waals surface area (Å²) in [6.45, 7) is 6.64. The monoisotopic (exact) mass is 538 g/mol. The van der Waals surface area contributed by atoms with E-state index in [2.05, 4.69) is 23.2 Å². The number of rotatable bonds is 11. The third-order valence-electron chi connectivity index (χ3n) is 7.70. The minimum Gasteiger partial charge on any atom is -0.373 e. The molecule has 7 heteroatoms. The molecule has 2 N–H and O–H groups in total. The molecular formula is C33H38N4O3. The third-order valence-corrected chi connectivity index (χ3v) is 7.70. The van der Waals surface area contributed by atoms with Gasteiger partial charge in [0.05, 0.1) is 17.5 Å². The van der Waals surface area contributed by atoms with Crippen molar-refractivity contribution in [3.8, 4) is 11.4 Å². The lowest BCUT2D eigenvalue weighted by molar-refractivity contribution is 0.0498. The molecule has 0 saturated carbocycles. The van der Waals surface area contributed by atoms with Crippen LogP contribution in [0.4, 0.5) is 0 Å². The Morgan fingerprint density at radius 1 is 0.750 bits per heavy atom. The SMILES string of the molecule is CCCCCCO[C@@H]1C=CC=C[C@@H]1C(c1c(C)[nH]n(-c2ccccc2)c1=O)c1c(C)[nH]n(-c2ccccc2)c1=O. The van der Waals surface area contributed by atoms with Crippen LogP contribution >= 0.6 is 0 Å². The summed E-state index contributed by atoms with van der Waals surface area (Å²) in [6, 6.07) is 19.0. The van der Waals surface area contributed by atoms with Crippen LogP contribution in [-0.4, -0.2) is 32.3 Å². The van der Waals surface area contributed by atoms with E-state index >= 15 is 0 Å². The number of benzene rings is 2. The van der Waals surface area contributed by atoms with E-state index < -0.39 is 5.92 Å². The predicted octanol–water partition coefficient (Wildman–Crippen LogP) is 6.10. The van der Waals surface area contributed by atoms with Gasteiger partial charge in [0.2, 0.25) is 0 Å². The zero-order valence-electron chi connectivity index (χ0n) is 23.5. The lowest BCUT2D eigenvalue weighted by Gasteiger charge is -2.31. The molecule has 0 radical (unpaired) electrons. The number of hydrogen-bond acceptors (Lipinski definition) is 3. The topological polar surface area (TPSA) is 84.8 Å². The Balaban J connectivity index is 1.64. The number of nitrogens with zero attached hydrogens (tertiary/aromatic N) is 2. The van der Waals surface area contributed by atoms with E-state index in [4.69, 9.17) is 4.74 Å². The van der Waals surface area contributed by atoms with Crippen LogP contribution in [0.25, 0.3) is 11.4 Å². The molecule has 0 bridgehead atoms. The maximum absolute atomic E-state index is 14.1. The number of H-pyrrole nitrogens is 2. The standard InChI is InChI=1S/C33H38N4O3/c1-4-5-6-15-22-40-28-21-14-13-20-27(28)31(29-23(2)34-36(32(29)38)25-16-9-7-10-17-25)30-24(3)35-37(33(30)39)26-18-11-8-12-19-26/h7-14,16-21,27-28,31,34-35H,4-6,15,22H2,1-3H3/t27-,28+/m0/s1. The van der Waals surface area contributed by atoms with Crippen molar-refractivity contribution in [3.05, 3.63) is 128 Å². The van der Waals surface area contributed by atoms with E-state index in [-0.39, 0.29) is 23.1 Å². The number of aromatic nitrogens is 4. The van der Waals surface area contributed by atoms with Gasteiger partial charge in [0, 0.05) is 41.0 Å². The Hall–Kier alpha value is -4.10. The fraction of sp³-hybridized carbons (Fsp3) is 0.333. The van der Waals surface area contributed by atoms with E-state index in [0.29, 0.717) is 17.7 Å². The van der Waals surface area contributed by atoms with Gasteiger partial charge in [-0.15, -0.1) is 0 Å². The van der Waals surface area contributed by atoms with E-state index in [0.717, 1.165) is 42.0 Å². The first-order chi connectivity index (χ1) is 19.5. The van der Waals surface area contributed by atoms with Crippen LogP contribution in [0.1, 0.15) is 61.0 Å². The molecule has 1 aliphatic rings. The number of ether oxygens (including phenoxy) is 1. The maximum atomic E-state index is 14.1. The van der Waals surface area contributed by atoms with Crippen molar-refractivity contribution in [1.29, 1.82) is 0 Å². The highest BCUT2D eigenvalue weighted by Gasteiger charge is 2.38. The number of aryl methyl sites for hydroxylation is 2. The second-order valence-corrected chi connectivity index (χ2v) is 10.5. The Kier molecular flexibility index (Phi) is 8.51. The molecule has 5 rings (SSSR count). The molecule has 0 aliphatic heterocycles. The molecule has 2 aromatic heterocycles. The first-order valence-electron chi connectivity index (χ1n) is 14.2. The summed E-state index contributed by atoms with van der Waals surface area (Å²) in [6.07, 6.45) is 12.3. The Morgan fingerprint density at radius 3 is 1.80 bits per heavy atom. The van der Waals surface area contributed by atoms with Crippen molar-refractivity contribution in [3.63, 3.8) is 0 Å². The van der Waals surface area contributed by atoms with Gasteiger partial charge in [0.1, 0.15) is 0 Å². The number of hydrogen-bond donors (Lipinski definition) is 2. The smallest absolute Gasteiger partial charge is 0.275 e. The van der Waals surface area contributed by atoms with Crippen LogP contribution in [0.15, 0.2) is 94.6 Å². The van der Waals surface area contributed by atoms with Crippen LogP contribution in [0.5, 0.6) is 0 Å². The zero-order valence-corrected chi connectivity index (χ0v) is 23.5. The van der Waals surface area contributed by atoms with Gasteiger partial charge in [-0.05, 0) is 44.5 Å². The number of unbranched alkanes of at least 4 members (excludes halogenated alkanes) is 3. The fourth-order valence-corrected chi connectivity index (χ4v) is 5.72. The summed E-state index contributed by atoms with van der Waals surface area (Å²) < 4.78 is 9.57. The summed E-state index contributed by atoms with van der Waals surface area (Å²) in [4.78, 5) is 28.2. The van der Waals surface area contributed by atoms with Crippen molar-refractivity contribution in [2.45, 2.75) is 58.5 Å². The van der Waals surface area contributed by atoms with Crippen LogP contribution in [0, 0.1) is 19.8 Å². The normalized spacial score (nSPS) is 16.7. The molecular weight excluding hydrogens is 500 g/mol. The minimum absolute atomic E-state index is 0.162. The third kappa shape index (κ3) is 5.47. The number of allylic oxidation sites excluding steroid dienone is 2. The van der Waals surface area contributed by atoms with Gasteiger partial charge in [-0.3, -0.25) is 19.8 Å². The van der Waals surface area contributed by atoms with Crippen molar-refractivity contribution >= 4 is 0 Å². The molecule has 7 nitrogen and oxygen atoms in total. The van der Waals surface area contributed by atoms with Crippen molar-refractivity contribution < 1.29 is 4.74 Å². The first-order valence-corrected chi connectivity index (χ1v) is 14.2. The molecule has 2 aromatic carbocycles. The highest BCUT2D eigenvalue weighted by Crippen LogP contribution is 2.38. The van der Waals surface area contributed by atoms with E-state index in [9.17, 15) is 9.59 Å². The van der Waals surface area contributed by atoms with Crippen molar-refractivity contribution in [1.82, 2.24) is 19.6 Å². The van der Waals surface area contributed by atoms with Crippen LogP contribution < -0.4 is 11.1 Å². The van der Waals surface area contributed by atoms with Gasteiger partial charge in [0.15, 0.2) is 0 Å². The van der Waals surface area contributed by atoms with Crippen LogP contribution in [0.2, 0.25) is 0 Å². The zero-order chi connectivity index (χ0) is 28.1. The molecule has 40 heavy (non-hydrogen) atoms. The molecule has 0 spiro atoms. The molecule has 0 unspecified atom stereocenters. The molecule has 2 heterocycles. The predicted molar refractivity (Wildman–Crippen MR) is 160 cm³/mol. The molecule has 208 valence electrons. The maximum Gasteiger partial charge on any atom is 0.275 e. The van der Waals surface area contributed by atoms with Gasteiger partial charge in [0.25, 0.3) is 11.1 Å². The highest BCUT2D eigenvalue weighted by molar-refractivity contribution is 5.43. The summed E-state index contributed by atoms with van der Waals surface area (Å²) >= 11 is 0. The second kappa shape index (κ2) is 12.4. The number of nitrogens with one attached hydrogen (secondary N) is 2. The largest absolute Gasteiger partial charge is 0.373 e. The number of aromatic amines is 2. The molecule has 2 atom stereocenters. The Labute approximate surface area is 234 Å². The number of para-hydroxylation sites is 2. The van der Waals surface area contributed by atoms with Crippen molar-refractivity contribution in [2.75, 3.05) is 6.61 Å². The van der Waals surface area contributed by atoms with Gasteiger partial charge >= 0.3 is 0 Å². The van der Waals surface area contributed by atoms with Gasteiger partial charge < -0.3 is 4.74 Å². The quantitative estimate of drug-likeness (QED) is 0.226. The highest BCUT2D eigenvalue weighted by atomic mass is 16.5. The Bertz CT molecular complexity index is 1490. The lowest BCUT2D eigenvalue weighted by atomic mass is 9.76. The van der Waals surface area contributed by atoms with Gasteiger partial charge in [-0.25, -0.2) is 9.36 Å². The summed E-state index contributed by atoms with van der Waals surface area (Å²) in [5, 5.41) is 6.56. The summed E-state index contributed by atoms with van der Waals surface area (Å²) in [7, 11) is 0. The van der Waals surface area contributed by atoms with E-state index in [1.54, 1.807) is 9.36 Å². The fourth-order valence-electron chi connectivity index (χ4n) is 5.72. The second-order valence-electron chi connectivity index (χ2n) is 10.5. The molecule has 1 aliphatic carbocycles. The van der Waals surface area contributed by atoms with E-state index in [1.807, 2.05) is 92.7 Å². The van der Waals surface area contributed by atoms with Gasteiger partial charge in [-0.1, -0.05) is 86.9 Å². The van der Waals surface area contributed by atoms with Crippen LogP contribution in [-0.2, 0) is 4.74 Å². The van der Waals surface area contributed by atoms with Crippen molar-refractivity contribution in [2.24, 2.45) is 5.92 Å². The summed E-state index contributed by atoms with van der Waals surface area (Å²) in [5.41, 5.74) is 3.78. The van der Waals surface area contributed by atoms with E-state index in [1.165, 1.54) is 6.42 Å². The molecule has 0 saturated heterocycles. The molecule has 0 fully saturated rings. The average Bonchev–Trinajstić information content (AvgIpc) is 3.44. The van der Waals surface area contributed by atoms with Crippen LogP contribution in [0.3, 0.4) is 0 Å².